The Morgan fingerprint density at radius 3 is 2.28 bits per heavy atom. The van der Waals surface area contributed by atoms with Gasteiger partial charge in [-0.2, -0.15) is 0 Å². The number of hydrogen-bond donors (Lipinski definition) is 3. The highest BCUT2D eigenvalue weighted by Gasteiger charge is 2.60. The van der Waals surface area contributed by atoms with Crippen LogP contribution in [0.3, 0.4) is 0 Å². The summed E-state index contributed by atoms with van der Waals surface area (Å²) in [6, 6.07) is 6.63. The molecule has 5 nitrogen and oxygen atoms in total. The molecule has 4 aliphatic rings. The number of benzene rings is 1. The summed E-state index contributed by atoms with van der Waals surface area (Å²) in [5.74, 6) is 0.176. The van der Waals surface area contributed by atoms with Gasteiger partial charge in [0.1, 0.15) is 0 Å². The van der Waals surface area contributed by atoms with Gasteiger partial charge in [0, 0.05) is 5.54 Å². The minimum absolute atomic E-state index is 0.116. The van der Waals surface area contributed by atoms with E-state index < -0.39 is 5.91 Å². The fraction of sp³-hybridized carbons (Fsp3) is 0.600. The number of nitrogens with two attached hydrogens (primary N) is 1. The van der Waals surface area contributed by atoms with Crippen LogP contribution < -0.4 is 16.4 Å². The van der Waals surface area contributed by atoms with Crippen LogP contribution in [0.15, 0.2) is 24.3 Å². The molecule has 4 bridgehead atoms. The van der Waals surface area contributed by atoms with Gasteiger partial charge >= 0.3 is 6.03 Å². The predicted molar refractivity (Wildman–Crippen MR) is 97.3 cm³/mol. The molecule has 5 heteroatoms. The Labute approximate surface area is 148 Å². The largest absolute Gasteiger partial charge is 0.366 e. The number of carbonyl (C=O) groups is 2. The number of hydrogen-bond acceptors (Lipinski definition) is 2. The number of urea groups is 1. The Morgan fingerprint density at radius 2 is 1.68 bits per heavy atom. The SMILES string of the molecule is CC12CC3CC(C)(C1)CC(NC(=O)Nc1ccccc1C(N)=O)(C3)C2. The van der Waals surface area contributed by atoms with E-state index in [9.17, 15) is 9.59 Å². The van der Waals surface area contributed by atoms with Crippen LogP contribution in [0.25, 0.3) is 0 Å². The van der Waals surface area contributed by atoms with E-state index in [1.54, 1.807) is 24.3 Å². The lowest BCUT2D eigenvalue weighted by Crippen LogP contribution is -2.65. The highest BCUT2D eigenvalue weighted by Crippen LogP contribution is 2.66. The minimum atomic E-state index is -0.536. The van der Waals surface area contributed by atoms with Gasteiger partial charge in [-0.15, -0.1) is 0 Å². The molecule has 2 atom stereocenters. The first-order chi connectivity index (χ1) is 11.7. The normalized spacial score (nSPS) is 38.4. The number of anilines is 1. The zero-order valence-electron chi connectivity index (χ0n) is 15.0. The van der Waals surface area contributed by atoms with E-state index in [0.717, 1.165) is 19.3 Å². The average Bonchev–Trinajstić information content (AvgIpc) is 2.42. The molecule has 134 valence electrons. The molecular formula is C20H27N3O2. The molecule has 1 aromatic carbocycles. The summed E-state index contributed by atoms with van der Waals surface area (Å²) >= 11 is 0. The lowest BCUT2D eigenvalue weighted by atomic mass is 9.43. The van der Waals surface area contributed by atoms with E-state index in [4.69, 9.17) is 5.73 Å². The van der Waals surface area contributed by atoms with E-state index in [-0.39, 0.29) is 11.6 Å². The molecule has 0 spiro atoms. The van der Waals surface area contributed by atoms with Gasteiger partial charge in [-0.3, -0.25) is 4.79 Å². The molecular weight excluding hydrogens is 314 g/mol. The first kappa shape index (κ1) is 16.4. The van der Waals surface area contributed by atoms with Crippen molar-refractivity contribution < 1.29 is 9.59 Å². The standard InChI is InChI=1S/C20H27N3O2/c1-18-7-13-8-19(2,10-18)12-20(9-13,11-18)23-17(25)22-15-6-4-3-5-14(15)16(21)24/h3-6,13H,7-12H2,1-2H3,(H2,21,24)(H2,22,23,25). The minimum Gasteiger partial charge on any atom is -0.366 e. The topological polar surface area (TPSA) is 84.2 Å². The third-order valence-electron chi connectivity index (χ3n) is 6.45. The zero-order chi connectivity index (χ0) is 17.9. The van der Waals surface area contributed by atoms with Gasteiger partial charge in [-0.05, 0) is 67.4 Å². The first-order valence-electron chi connectivity index (χ1n) is 9.18. The lowest BCUT2D eigenvalue weighted by molar-refractivity contribution is -0.113. The summed E-state index contributed by atoms with van der Waals surface area (Å²) in [6.45, 7) is 4.76. The first-order valence-corrected chi connectivity index (χ1v) is 9.18. The quantitative estimate of drug-likeness (QED) is 0.784. The van der Waals surface area contributed by atoms with Gasteiger partial charge in [0.2, 0.25) is 0 Å². The molecule has 4 aliphatic carbocycles. The second-order valence-corrected chi connectivity index (χ2v) is 9.40. The molecule has 25 heavy (non-hydrogen) atoms. The van der Waals surface area contributed by atoms with Crippen LogP contribution in [0, 0.1) is 16.7 Å². The van der Waals surface area contributed by atoms with Gasteiger partial charge in [-0.1, -0.05) is 26.0 Å². The number of amides is 3. The highest BCUT2D eigenvalue weighted by atomic mass is 16.2. The van der Waals surface area contributed by atoms with E-state index in [0.29, 0.717) is 28.0 Å². The Balaban J connectivity index is 1.53. The summed E-state index contributed by atoms with van der Waals surface area (Å²) in [7, 11) is 0. The van der Waals surface area contributed by atoms with E-state index in [1.165, 1.54) is 19.3 Å². The molecule has 2 unspecified atom stereocenters. The van der Waals surface area contributed by atoms with Crippen molar-refractivity contribution in [3.63, 3.8) is 0 Å². The Hall–Kier alpha value is -2.04. The number of rotatable bonds is 3. The highest BCUT2D eigenvalue weighted by molar-refractivity contribution is 6.02. The van der Waals surface area contributed by atoms with E-state index in [1.807, 2.05) is 0 Å². The van der Waals surface area contributed by atoms with Gasteiger partial charge in [0.05, 0.1) is 11.3 Å². The van der Waals surface area contributed by atoms with Crippen molar-refractivity contribution in [1.82, 2.24) is 5.32 Å². The lowest BCUT2D eigenvalue weighted by Gasteiger charge is -2.65. The maximum absolute atomic E-state index is 12.7. The summed E-state index contributed by atoms with van der Waals surface area (Å²) in [5.41, 5.74) is 6.77. The van der Waals surface area contributed by atoms with Gasteiger partial charge in [0.25, 0.3) is 5.91 Å². The van der Waals surface area contributed by atoms with E-state index in [2.05, 4.69) is 24.5 Å². The maximum Gasteiger partial charge on any atom is 0.319 e. The van der Waals surface area contributed by atoms with Crippen molar-refractivity contribution in [2.75, 3.05) is 5.32 Å². The Kier molecular flexibility index (Phi) is 3.44. The van der Waals surface area contributed by atoms with Crippen LogP contribution in [0.5, 0.6) is 0 Å². The molecule has 0 aromatic heterocycles. The van der Waals surface area contributed by atoms with Crippen molar-refractivity contribution in [1.29, 1.82) is 0 Å². The van der Waals surface area contributed by atoms with Gasteiger partial charge in [-0.25, -0.2) is 4.79 Å². The summed E-state index contributed by atoms with van der Waals surface area (Å²) in [6.07, 6.45) is 7.03. The molecule has 5 rings (SSSR count). The van der Waals surface area contributed by atoms with Crippen LogP contribution in [0.4, 0.5) is 10.5 Å². The smallest absolute Gasteiger partial charge is 0.319 e. The van der Waals surface area contributed by atoms with Crippen LogP contribution in [0.1, 0.15) is 62.7 Å². The predicted octanol–water partition coefficient (Wildman–Crippen LogP) is 3.66. The molecule has 0 radical (unpaired) electrons. The number of primary amides is 1. The Bertz CT molecular complexity index is 726. The summed E-state index contributed by atoms with van der Waals surface area (Å²) in [5, 5.41) is 6.13. The van der Waals surface area contributed by atoms with Gasteiger partial charge in [0.15, 0.2) is 0 Å². The van der Waals surface area contributed by atoms with Crippen molar-refractivity contribution in [3.8, 4) is 0 Å². The monoisotopic (exact) mass is 341 g/mol. The van der Waals surface area contributed by atoms with Crippen LogP contribution in [-0.4, -0.2) is 17.5 Å². The average molecular weight is 341 g/mol. The van der Waals surface area contributed by atoms with Gasteiger partial charge < -0.3 is 16.4 Å². The summed E-state index contributed by atoms with van der Waals surface area (Å²) in [4.78, 5) is 24.3. The second-order valence-electron chi connectivity index (χ2n) is 9.40. The number of carbonyl (C=O) groups excluding carboxylic acids is 2. The molecule has 0 heterocycles. The summed E-state index contributed by atoms with van der Waals surface area (Å²) < 4.78 is 0. The third-order valence-corrected chi connectivity index (χ3v) is 6.45. The molecule has 0 aliphatic heterocycles. The van der Waals surface area contributed by atoms with E-state index >= 15 is 0 Å². The Morgan fingerprint density at radius 1 is 1.04 bits per heavy atom. The van der Waals surface area contributed by atoms with Crippen molar-refractivity contribution in [2.45, 2.75) is 57.9 Å². The molecule has 1 aromatic rings. The third kappa shape index (κ3) is 2.90. The van der Waals surface area contributed by atoms with Crippen LogP contribution in [-0.2, 0) is 0 Å². The molecule has 4 fully saturated rings. The fourth-order valence-corrected chi connectivity index (χ4v) is 6.79. The number of nitrogens with one attached hydrogen (secondary N) is 2. The van der Waals surface area contributed by atoms with Crippen molar-refractivity contribution >= 4 is 17.6 Å². The molecule has 0 saturated heterocycles. The molecule has 4 N–H and O–H groups in total. The fourth-order valence-electron chi connectivity index (χ4n) is 6.79. The molecule has 4 saturated carbocycles. The van der Waals surface area contributed by atoms with Crippen LogP contribution in [0.2, 0.25) is 0 Å². The van der Waals surface area contributed by atoms with Crippen molar-refractivity contribution in [3.05, 3.63) is 29.8 Å². The second kappa shape index (κ2) is 5.23. The van der Waals surface area contributed by atoms with Crippen molar-refractivity contribution in [2.24, 2.45) is 22.5 Å². The zero-order valence-corrected chi connectivity index (χ0v) is 15.0. The maximum atomic E-state index is 12.7. The number of para-hydroxylation sites is 1. The molecule has 3 amide bonds. The van der Waals surface area contributed by atoms with Crippen LogP contribution >= 0.6 is 0 Å².